The Kier molecular flexibility index (Phi) is 3.44. The van der Waals surface area contributed by atoms with Gasteiger partial charge < -0.3 is 0 Å². The second-order valence-electron chi connectivity index (χ2n) is 2.68. The van der Waals surface area contributed by atoms with Crippen molar-refractivity contribution in [2.24, 2.45) is 0 Å². The highest BCUT2D eigenvalue weighted by Gasteiger charge is 2.10. The summed E-state index contributed by atoms with van der Waals surface area (Å²) in [6.45, 7) is 0. The first-order valence-electron chi connectivity index (χ1n) is 3.71. The van der Waals surface area contributed by atoms with Gasteiger partial charge in [-0.2, -0.15) is 0 Å². The van der Waals surface area contributed by atoms with Crippen LogP contribution >= 0.6 is 10.7 Å². The van der Waals surface area contributed by atoms with Crippen LogP contribution < -0.4 is 0 Å². The van der Waals surface area contributed by atoms with Gasteiger partial charge in [0.1, 0.15) is 0 Å². The van der Waals surface area contributed by atoms with Gasteiger partial charge in [0.05, 0.1) is 4.90 Å². The molecule has 0 fully saturated rings. The van der Waals surface area contributed by atoms with Crippen molar-refractivity contribution in [3.8, 4) is 0 Å². The fraction of sp³-hybridized carbons (Fsp3) is 0.250. The van der Waals surface area contributed by atoms with Crippen molar-refractivity contribution in [3.05, 3.63) is 29.8 Å². The van der Waals surface area contributed by atoms with Crippen molar-refractivity contribution in [2.75, 3.05) is 0 Å². The molecule has 0 aliphatic heterocycles. The van der Waals surface area contributed by atoms with E-state index in [0.717, 1.165) is 0 Å². The van der Waals surface area contributed by atoms with Gasteiger partial charge in [-0.15, -0.1) is 0 Å². The maximum atomic E-state index is 11.9. The van der Waals surface area contributed by atoms with E-state index < -0.39 is 15.5 Å². The molecular weight excluding hydrogens is 234 g/mol. The monoisotopic (exact) mass is 240 g/mol. The van der Waals surface area contributed by atoms with Gasteiger partial charge in [-0.3, -0.25) is 0 Å². The van der Waals surface area contributed by atoms with Crippen LogP contribution in [0.5, 0.6) is 0 Å². The van der Waals surface area contributed by atoms with E-state index in [0.29, 0.717) is 5.56 Å². The summed E-state index contributed by atoms with van der Waals surface area (Å²) in [6, 6.07) is 5.06. The lowest BCUT2D eigenvalue weighted by Crippen LogP contribution is -1.97. The topological polar surface area (TPSA) is 34.1 Å². The third kappa shape index (κ3) is 3.23. The van der Waals surface area contributed by atoms with Crippen LogP contribution in [0.4, 0.5) is 8.78 Å². The van der Waals surface area contributed by atoms with Crippen LogP contribution in [0.1, 0.15) is 5.56 Å². The Hall–Kier alpha value is -0.680. The summed E-state index contributed by atoms with van der Waals surface area (Å²) >= 11 is 0. The van der Waals surface area contributed by atoms with E-state index in [1.807, 2.05) is 0 Å². The first-order valence-corrected chi connectivity index (χ1v) is 6.02. The Bertz CT molecular complexity index is 400. The quantitative estimate of drug-likeness (QED) is 0.761. The van der Waals surface area contributed by atoms with Gasteiger partial charge in [0, 0.05) is 17.1 Å². The maximum absolute atomic E-state index is 11.9. The highest BCUT2D eigenvalue weighted by atomic mass is 35.7. The predicted molar refractivity (Wildman–Crippen MR) is 49.2 cm³/mol. The van der Waals surface area contributed by atoms with E-state index in [1.54, 1.807) is 0 Å². The summed E-state index contributed by atoms with van der Waals surface area (Å²) in [5.41, 5.74) is 0.379. The molecule has 1 aromatic carbocycles. The van der Waals surface area contributed by atoms with Crippen LogP contribution in [-0.2, 0) is 15.5 Å². The Balaban J connectivity index is 2.90. The van der Waals surface area contributed by atoms with Crippen LogP contribution in [0.2, 0.25) is 0 Å². The van der Waals surface area contributed by atoms with E-state index in [9.17, 15) is 17.2 Å². The minimum Gasteiger partial charge on any atom is -0.210 e. The molecule has 2 nitrogen and oxygen atoms in total. The lowest BCUT2D eigenvalue weighted by Gasteiger charge is -2.00. The molecule has 0 aliphatic rings. The van der Waals surface area contributed by atoms with Crippen LogP contribution in [0.15, 0.2) is 29.2 Å². The molecule has 1 rings (SSSR count). The predicted octanol–water partition coefficient (Wildman–Crippen LogP) is 2.42. The van der Waals surface area contributed by atoms with Crippen molar-refractivity contribution in [1.29, 1.82) is 0 Å². The van der Waals surface area contributed by atoms with E-state index >= 15 is 0 Å². The second-order valence-corrected chi connectivity index (χ2v) is 5.24. The lowest BCUT2D eigenvalue weighted by atomic mass is 10.2. The highest BCUT2D eigenvalue weighted by molar-refractivity contribution is 8.13. The zero-order chi connectivity index (χ0) is 10.8. The van der Waals surface area contributed by atoms with Gasteiger partial charge in [0.2, 0.25) is 6.43 Å². The first-order chi connectivity index (χ1) is 6.39. The first kappa shape index (κ1) is 11.4. The summed E-state index contributed by atoms with van der Waals surface area (Å²) in [4.78, 5) is -0.0859. The molecule has 0 amide bonds. The SMILES string of the molecule is O=S(=O)(Cl)c1ccc(CC(F)F)cc1. The molecule has 1 aromatic rings. The molecule has 0 bridgehead atoms. The molecule has 78 valence electrons. The van der Waals surface area contributed by atoms with Crippen molar-refractivity contribution in [1.82, 2.24) is 0 Å². The minimum absolute atomic E-state index is 0.0859. The van der Waals surface area contributed by atoms with E-state index in [1.165, 1.54) is 24.3 Å². The van der Waals surface area contributed by atoms with Gasteiger partial charge in [-0.1, -0.05) is 12.1 Å². The molecule has 0 saturated carbocycles. The second kappa shape index (κ2) is 4.23. The van der Waals surface area contributed by atoms with Crippen LogP contribution in [0.25, 0.3) is 0 Å². The highest BCUT2D eigenvalue weighted by Crippen LogP contribution is 2.16. The minimum atomic E-state index is -3.76. The maximum Gasteiger partial charge on any atom is 0.261 e. The van der Waals surface area contributed by atoms with Crippen molar-refractivity contribution in [2.45, 2.75) is 17.7 Å². The van der Waals surface area contributed by atoms with Crippen molar-refractivity contribution < 1.29 is 17.2 Å². The Labute approximate surface area is 84.9 Å². The number of halogens is 3. The van der Waals surface area contributed by atoms with E-state index in [4.69, 9.17) is 10.7 Å². The van der Waals surface area contributed by atoms with Gasteiger partial charge in [-0.05, 0) is 17.7 Å². The number of alkyl halides is 2. The normalized spacial score (nSPS) is 12.0. The fourth-order valence-electron chi connectivity index (χ4n) is 0.966. The molecule has 6 heteroatoms. The summed E-state index contributed by atoms with van der Waals surface area (Å²) < 4.78 is 45.4. The number of rotatable bonds is 3. The van der Waals surface area contributed by atoms with Gasteiger partial charge in [0.25, 0.3) is 9.05 Å². The molecule has 0 unspecified atom stereocenters. The number of hydrogen-bond donors (Lipinski definition) is 0. The summed E-state index contributed by atoms with van der Waals surface area (Å²) in [5.74, 6) is 0. The zero-order valence-corrected chi connectivity index (χ0v) is 8.52. The van der Waals surface area contributed by atoms with Gasteiger partial charge in [-0.25, -0.2) is 17.2 Å². The molecule has 0 heterocycles. The summed E-state index contributed by atoms with van der Waals surface area (Å²) in [6.07, 6.45) is -2.82. The zero-order valence-electron chi connectivity index (χ0n) is 6.95. The average Bonchev–Trinajstić information content (AvgIpc) is 2.02. The molecule has 14 heavy (non-hydrogen) atoms. The Morgan fingerprint density at radius 1 is 1.21 bits per heavy atom. The molecule has 0 aliphatic carbocycles. The van der Waals surface area contributed by atoms with E-state index in [-0.39, 0.29) is 11.3 Å². The largest absolute Gasteiger partial charge is 0.261 e. The van der Waals surface area contributed by atoms with Crippen molar-refractivity contribution >= 4 is 19.7 Å². The number of benzene rings is 1. The van der Waals surface area contributed by atoms with Gasteiger partial charge in [0.15, 0.2) is 0 Å². The van der Waals surface area contributed by atoms with Crippen LogP contribution in [-0.4, -0.2) is 14.8 Å². The molecular formula is C8H7ClF2O2S. The van der Waals surface area contributed by atoms with Crippen LogP contribution in [0.3, 0.4) is 0 Å². The molecule has 0 saturated heterocycles. The van der Waals surface area contributed by atoms with Crippen molar-refractivity contribution in [3.63, 3.8) is 0 Å². The van der Waals surface area contributed by atoms with E-state index in [2.05, 4.69) is 0 Å². The molecule has 0 atom stereocenters. The summed E-state index contributed by atoms with van der Waals surface area (Å²) in [7, 11) is 1.28. The fourth-order valence-corrected chi connectivity index (χ4v) is 1.74. The number of hydrogen-bond acceptors (Lipinski definition) is 2. The third-order valence-corrected chi connectivity index (χ3v) is 2.96. The molecule has 0 N–H and O–H groups in total. The molecule has 0 spiro atoms. The smallest absolute Gasteiger partial charge is 0.210 e. The van der Waals surface area contributed by atoms with Gasteiger partial charge >= 0.3 is 0 Å². The standard InChI is InChI=1S/C8H7ClF2O2S/c9-14(12,13)7-3-1-6(2-4-7)5-8(10)11/h1-4,8H,5H2. The van der Waals surface area contributed by atoms with Crippen LogP contribution in [0, 0.1) is 0 Å². The average molecular weight is 241 g/mol. The molecule has 0 radical (unpaired) electrons. The Morgan fingerprint density at radius 2 is 1.71 bits per heavy atom. The Morgan fingerprint density at radius 3 is 2.07 bits per heavy atom. The summed E-state index contributed by atoms with van der Waals surface area (Å²) in [5, 5.41) is 0. The third-order valence-electron chi connectivity index (χ3n) is 1.59. The molecule has 0 aromatic heterocycles. The lowest BCUT2D eigenvalue weighted by molar-refractivity contribution is 0.149.